The number of aryl methyl sites for hydroxylation is 1. The monoisotopic (exact) mass is 596 g/mol. The Morgan fingerprint density at radius 1 is 1.12 bits per heavy atom. The summed E-state index contributed by atoms with van der Waals surface area (Å²) in [6.07, 6.45) is 0.413. The van der Waals surface area contributed by atoms with Crippen LogP contribution < -0.4 is 5.56 Å². The zero-order valence-electron chi connectivity index (χ0n) is 23.4. The third kappa shape index (κ3) is 6.20. The lowest BCUT2D eigenvalue weighted by atomic mass is 9.98. The standard InChI is InChI=1S/C29H28F4N8O2/c1-39-16-35-38-27(39)22-11-19(30)5-6-21(22)18-9-23(17-3-4-17)37-25(10-18)41-15-34-24-12-20(36-26(24)28(41)42)13-40(7-8-43-2)14-29(31,32)33/h5-6,9-12,15-17,36H,3-4,7-8,13-14H2,1-2H3. The van der Waals surface area contributed by atoms with Crippen LogP contribution in [0.25, 0.3) is 39.4 Å². The number of alkyl halides is 3. The molecule has 10 nitrogen and oxygen atoms in total. The maximum absolute atomic E-state index is 14.4. The van der Waals surface area contributed by atoms with Crippen LogP contribution in [0.3, 0.4) is 0 Å². The summed E-state index contributed by atoms with van der Waals surface area (Å²) in [6.45, 7) is -1.01. The summed E-state index contributed by atoms with van der Waals surface area (Å²) in [5.74, 6) is 0.601. The molecule has 6 rings (SSSR count). The SMILES string of the molecule is COCCN(Cc1cc2ncn(-c3cc(-c4ccc(F)cc4-c4nncn4C)cc(C4CC4)n3)c(=O)c2[nH]1)CC(F)(F)F. The van der Waals surface area contributed by atoms with E-state index in [1.165, 1.54) is 41.4 Å². The molecule has 1 N–H and O–H groups in total. The smallest absolute Gasteiger partial charge is 0.383 e. The number of nitrogens with one attached hydrogen (secondary N) is 1. The summed E-state index contributed by atoms with van der Waals surface area (Å²) in [6, 6.07) is 9.66. The zero-order chi connectivity index (χ0) is 30.3. The Bertz CT molecular complexity index is 1840. The molecule has 1 saturated carbocycles. The number of benzene rings is 1. The van der Waals surface area contributed by atoms with E-state index in [9.17, 15) is 22.4 Å². The Hall–Kier alpha value is -4.43. The van der Waals surface area contributed by atoms with E-state index in [0.29, 0.717) is 39.5 Å². The average Bonchev–Trinajstić information content (AvgIpc) is 3.60. The van der Waals surface area contributed by atoms with Crippen LogP contribution in [-0.2, 0) is 18.3 Å². The number of halogens is 4. The van der Waals surface area contributed by atoms with Crippen molar-refractivity contribution in [3.63, 3.8) is 0 Å². The lowest BCUT2D eigenvalue weighted by Gasteiger charge is -2.22. The Morgan fingerprint density at radius 2 is 1.93 bits per heavy atom. The molecule has 4 heterocycles. The lowest BCUT2D eigenvalue weighted by Crippen LogP contribution is -2.36. The van der Waals surface area contributed by atoms with Crippen LogP contribution >= 0.6 is 0 Å². The van der Waals surface area contributed by atoms with Gasteiger partial charge in [0.1, 0.15) is 29.8 Å². The van der Waals surface area contributed by atoms with Crippen LogP contribution in [0.15, 0.2) is 53.8 Å². The highest BCUT2D eigenvalue weighted by atomic mass is 19.4. The van der Waals surface area contributed by atoms with Gasteiger partial charge in [-0.05, 0) is 54.3 Å². The topological polar surface area (TPSA) is 107 Å². The minimum absolute atomic E-state index is 0.0589. The van der Waals surface area contributed by atoms with Gasteiger partial charge in [-0.25, -0.2) is 18.9 Å². The molecular formula is C29H28F4N8O2. The van der Waals surface area contributed by atoms with E-state index in [-0.39, 0.29) is 31.1 Å². The van der Waals surface area contributed by atoms with E-state index in [1.54, 1.807) is 29.8 Å². The fourth-order valence-corrected chi connectivity index (χ4v) is 5.12. The van der Waals surface area contributed by atoms with Gasteiger partial charge in [-0.15, -0.1) is 10.2 Å². The molecule has 1 aliphatic rings. The second-order valence-electron chi connectivity index (χ2n) is 10.7. The Labute approximate surface area is 243 Å². The quantitative estimate of drug-likeness (QED) is 0.235. The Kier molecular flexibility index (Phi) is 7.56. The second-order valence-corrected chi connectivity index (χ2v) is 10.7. The van der Waals surface area contributed by atoms with Crippen LogP contribution in [0.4, 0.5) is 17.6 Å². The number of ether oxygens (including phenoxy) is 1. The summed E-state index contributed by atoms with van der Waals surface area (Å²) >= 11 is 0. The van der Waals surface area contributed by atoms with E-state index >= 15 is 0 Å². The summed E-state index contributed by atoms with van der Waals surface area (Å²) in [5.41, 5.74) is 3.17. The first kappa shape index (κ1) is 28.7. The number of pyridine rings is 1. The summed E-state index contributed by atoms with van der Waals surface area (Å²) in [4.78, 5) is 27.0. The highest BCUT2D eigenvalue weighted by Gasteiger charge is 2.31. The van der Waals surface area contributed by atoms with Crippen molar-refractivity contribution >= 4 is 11.0 Å². The predicted molar refractivity (Wildman–Crippen MR) is 150 cm³/mol. The van der Waals surface area contributed by atoms with Gasteiger partial charge >= 0.3 is 6.18 Å². The van der Waals surface area contributed by atoms with E-state index < -0.39 is 24.1 Å². The van der Waals surface area contributed by atoms with Gasteiger partial charge in [0.05, 0.1) is 18.7 Å². The van der Waals surface area contributed by atoms with Gasteiger partial charge < -0.3 is 14.3 Å². The molecule has 0 aliphatic heterocycles. The molecule has 0 saturated heterocycles. The molecule has 14 heteroatoms. The van der Waals surface area contributed by atoms with E-state index in [4.69, 9.17) is 9.72 Å². The molecule has 43 heavy (non-hydrogen) atoms. The maximum atomic E-state index is 14.4. The summed E-state index contributed by atoms with van der Waals surface area (Å²) in [5, 5.41) is 8.09. The minimum atomic E-state index is -4.39. The molecule has 4 aromatic heterocycles. The Morgan fingerprint density at radius 3 is 2.63 bits per heavy atom. The lowest BCUT2D eigenvalue weighted by molar-refractivity contribution is -0.148. The van der Waals surface area contributed by atoms with Gasteiger partial charge in [-0.3, -0.25) is 9.69 Å². The number of aromatic nitrogens is 7. The minimum Gasteiger partial charge on any atom is -0.383 e. The molecule has 1 aliphatic carbocycles. The van der Waals surface area contributed by atoms with Gasteiger partial charge in [0.25, 0.3) is 5.56 Å². The normalized spacial score (nSPS) is 13.8. The molecule has 0 radical (unpaired) electrons. The number of H-pyrrole nitrogens is 1. The number of nitrogens with zero attached hydrogens (tertiary/aromatic N) is 7. The molecule has 0 bridgehead atoms. The largest absolute Gasteiger partial charge is 0.401 e. The van der Waals surface area contributed by atoms with Crippen molar-refractivity contribution in [2.24, 2.45) is 7.05 Å². The van der Waals surface area contributed by atoms with Gasteiger partial charge in [0.2, 0.25) is 0 Å². The number of rotatable bonds is 10. The maximum Gasteiger partial charge on any atom is 0.401 e. The van der Waals surface area contributed by atoms with Crippen LogP contribution in [0.1, 0.15) is 30.1 Å². The van der Waals surface area contributed by atoms with Gasteiger partial charge in [0, 0.05) is 50.1 Å². The van der Waals surface area contributed by atoms with E-state index in [2.05, 4.69) is 20.2 Å². The average molecular weight is 597 g/mol. The fraction of sp³-hybridized carbons (Fsp3) is 0.345. The van der Waals surface area contributed by atoms with Crippen molar-refractivity contribution in [1.29, 1.82) is 0 Å². The first-order chi connectivity index (χ1) is 20.6. The number of hydrogen-bond acceptors (Lipinski definition) is 7. The predicted octanol–water partition coefficient (Wildman–Crippen LogP) is 4.60. The van der Waals surface area contributed by atoms with Crippen molar-refractivity contribution in [1.82, 2.24) is 39.2 Å². The molecule has 5 aromatic rings. The second kappa shape index (κ2) is 11.3. The summed E-state index contributed by atoms with van der Waals surface area (Å²) in [7, 11) is 3.19. The van der Waals surface area contributed by atoms with Crippen LogP contribution in [0.5, 0.6) is 0 Å². The zero-order valence-corrected chi connectivity index (χ0v) is 23.4. The highest BCUT2D eigenvalue weighted by Crippen LogP contribution is 2.41. The van der Waals surface area contributed by atoms with E-state index in [0.717, 1.165) is 18.5 Å². The summed E-state index contributed by atoms with van der Waals surface area (Å²) < 4.78 is 61.8. The molecule has 0 unspecified atom stereocenters. The first-order valence-corrected chi connectivity index (χ1v) is 13.6. The van der Waals surface area contributed by atoms with Crippen molar-refractivity contribution < 1.29 is 22.3 Å². The molecule has 0 atom stereocenters. The van der Waals surface area contributed by atoms with Gasteiger partial charge in [-0.1, -0.05) is 6.07 Å². The number of hydrogen-bond donors (Lipinski definition) is 1. The first-order valence-electron chi connectivity index (χ1n) is 13.6. The molecule has 224 valence electrons. The van der Waals surface area contributed by atoms with Crippen molar-refractivity contribution in [2.75, 3.05) is 26.8 Å². The molecule has 0 spiro atoms. The fourth-order valence-electron chi connectivity index (χ4n) is 5.12. The molecule has 1 fully saturated rings. The molecular weight excluding hydrogens is 568 g/mol. The molecule has 0 amide bonds. The van der Waals surface area contributed by atoms with Crippen LogP contribution in [0.2, 0.25) is 0 Å². The van der Waals surface area contributed by atoms with Gasteiger partial charge in [0.15, 0.2) is 5.82 Å². The Balaban J connectivity index is 1.41. The van der Waals surface area contributed by atoms with Crippen LogP contribution in [-0.4, -0.2) is 72.2 Å². The number of aromatic amines is 1. The highest BCUT2D eigenvalue weighted by molar-refractivity contribution is 5.82. The number of methoxy groups -OCH3 is 1. The van der Waals surface area contributed by atoms with Crippen molar-refractivity contribution in [2.45, 2.75) is 31.5 Å². The number of fused-ring (bicyclic) bond motifs is 1. The molecule has 1 aromatic carbocycles. The third-order valence-electron chi connectivity index (χ3n) is 7.33. The van der Waals surface area contributed by atoms with Crippen LogP contribution in [0, 0.1) is 5.82 Å². The van der Waals surface area contributed by atoms with Crippen molar-refractivity contribution in [3.05, 3.63) is 76.6 Å². The van der Waals surface area contributed by atoms with Gasteiger partial charge in [-0.2, -0.15) is 13.2 Å². The van der Waals surface area contributed by atoms with Crippen molar-refractivity contribution in [3.8, 4) is 28.3 Å². The third-order valence-corrected chi connectivity index (χ3v) is 7.33. The van der Waals surface area contributed by atoms with E-state index in [1.807, 2.05) is 6.07 Å².